The molecular weight excluding hydrogens is 250 g/mol. The Balaban J connectivity index is 2.31. The normalized spacial score (nSPS) is 22.4. The highest BCUT2D eigenvalue weighted by atomic mass is 16.3. The molecule has 104 valence electrons. The Hall–Kier alpha value is -2.04. The van der Waals surface area contributed by atoms with Crippen LogP contribution in [-0.4, -0.2) is 23.3 Å². The summed E-state index contributed by atoms with van der Waals surface area (Å²) in [5.41, 5.74) is 1.05. The molecule has 1 saturated heterocycles. The maximum Gasteiger partial charge on any atom is 0.101 e. The minimum atomic E-state index is -0.710. The summed E-state index contributed by atoms with van der Waals surface area (Å²) in [6.45, 7) is 6.64. The number of hydrogen-bond acceptors (Lipinski definition) is 4. The van der Waals surface area contributed by atoms with Gasteiger partial charge in [-0.1, -0.05) is 0 Å². The lowest BCUT2D eigenvalue weighted by Crippen LogP contribution is -2.40. The topological polar surface area (TPSA) is 71.0 Å². The fraction of sp³-hybridized carbons (Fsp3) is 0.500. The lowest BCUT2D eigenvalue weighted by molar-refractivity contribution is 0.0156. The molecule has 1 aromatic carbocycles. The van der Waals surface area contributed by atoms with Gasteiger partial charge in [0.25, 0.3) is 0 Å². The average molecular weight is 269 g/mol. The van der Waals surface area contributed by atoms with Crippen LogP contribution in [0.4, 0.5) is 5.69 Å². The first-order valence-electron chi connectivity index (χ1n) is 6.81. The zero-order chi connectivity index (χ0) is 14.9. The molecule has 0 aliphatic carbocycles. The zero-order valence-electron chi connectivity index (χ0n) is 12.1. The molecule has 0 unspecified atom stereocenters. The van der Waals surface area contributed by atoms with Gasteiger partial charge in [0, 0.05) is 24.2 Å². The van der Waals surface area contributed by atoms with Crippen LogP contribution < -0.4 is 4.90 Å². The average Bonchev–Trinajstić information content (AvgIpc) is 2.79. The Morgan fingerprint density at radius 2 is 1.90 bits per heavy atom. The third-order valence-electron chi connectivity index (χ3n) is 4.24. The Morgan fingerprint density at radius 1 is 1.25 bits per heavy atom. The maximum atomic E-state index is 10.2. The number of rotatable bonds is 2. The van der Waals surface area contributed by atoms with E-state index in [-0.39, 0.29) is 12.0 Å². The molecule has 0 saturated carbocycles. The largest absolute Gasteiger partial charge is 0.390 e. The van der Waals surface area contributed by atoms with Crippen LogP contribution in [0.5, 0.6) is 0 Å². The highest BCUT2D eigenvalue weighted by Gasteiger charge is 2.39. The van der Waals surface area contributed by atoms with Crippen molar-refractivity contribution < 1.29 is 5.11 Å². The molecule has 4 heteroatoms. The van der Waals surface area contributed by atoms with E-state index in [9.17, 15) is 5.11 Å². The summed E-state index contributed by atoms with van der Waals surface area (Å²) < 4.78 is 0. The molecule has 1 fully saturated rings. The Bertz CT molecular complexity index is 589. The van der Waals surface area contributed by atoms with Crippen LogP contribution in [-0.2, 0) is 0 Å². The van der Waals surface area contributed by atoms with E-state index in [1.54, 1.807) is 12.1 Å². The van der Waals surface area contributed by atoms with E-state index in [1.165, 1.54) is 0 Å². The number of anilines is 1. The van der Waals surface area contributed by atoms with Gasteiger partial charge in [0.15, 0.2) is 0 Å². The quantitative estimate of drug-likeness (QED) is 0.895. The molecule has 4 nitrogen and oxygen atoms in total. The van der Waals surface area contributed by atoms with Crippen molar-refractivity contribution in [3.05, 3.63) is 29.3 Å². The van der Waals surface area contributed by atoms with Gasteiger partial charge in [-0.05, 0) is 45.4 Å². The molecule has 0 aromatic heterocycles. The molecule has 1 aromatic rings. The fourth-order valence-corrected chi connectivity index (χ4v) is 3.15. The summed E-state index contributed by atoms with van der Waals surface area (Å²) in [6, 6.07) is 9.63. The summed E-state index contributed by atoms with van der Waals surface area (Å²) in [5.74, 6) is 0.198. The first-order valence-corrected chi connectivity index (χ1v) is 6.81. The zero-order valence-corrected chi connectivity index (χ0v) is 12.1. The fourth-order valence-electron chi connectivity index (χ4n) is 3.15. The molecule has 0 amide bonds. The van der Waals surface area contributed by atoms with Gasteiger partial charge in [-0.15, -0.1) is 0 Å². The van der Waals surface area contributed by atoms with Crippen LogP contribution in [0.25, 0.3) is 0 Å². The van der Waals surface area contributed by atoms with Crippen molar-refractivity contribution in [1.29, 1.82) is 10.5 Å². The predicted molar refractivity (Wildman–Crippen MR) is 77.1 cm³/mol. The van der Waals surface area contributed by atoms with E-state index in [1.807, 2.05) is 26.0 Å². The second-order valence-corrected chi connectivity index (χ2v) is 5.94. The molecule has 2 atom stereocenters. The number of aliphatic hydroxyl groups is 1. The van der Waals surface area contributed by atoms with Crippen LogP contribution in [0.15, 0.2) is 18.2 Å². The van der Waals surface area contributed by atoms with Gasteiger partial charge in [0.1, 0.15) is 12.1 Å². The second kappa shape index (κ2) is 5.15. The minimum Gasteiger partial charge on any atom is -0.390 e. The van der Waals surface area contributed by atoms with Crippen molar-refractivity contribution in [3.8, 4) is 12.1 Å². The molecule has 0 spiro atoms. The summed E-state index contributed by atoms with van der Waals surface area (Å²) in [6.07, 6.45) is 0.923. The first-order chi connectivity index (χ1) is 9.38. The molecular formula is C16H19N3O. The van der Waals surface area contributed by atoms with Gasteiger partial charge in [0.05, 0.1) is 16.7 Å². The van der Waals surface area contributed by atoms with Gasteiger partial charge >= 0.3 is 0 Å². The minimum absolute atomic E-state index is 0.198. The number of nitrogens with zero attached hydrogens (tertiary/aromatic N) is 3. The van der Waals surface area contributed by atoms with E-state index in [0.29, 0.717) is 11.1 Å². The van der Waals surface area contributed by atoms with Crippen molar-refractivity contribution in [1.82, 2.24) is 0 Å². The van der Waals surface area contributed by atoms with Crippen LogP contribution >= 0.6 is 0 Å². The Kier molecular flexibility index (Phi) is 3.70. The summed E-state index contributed by atoms with van der Waals surface area (Å²) in [4.78, 5) is 2.20. The second-order valence-electron chi connectivity index (χ2n) is 5.94. The monoisotopic (exact) mass is 269 g/mol. The van der Waals surface area contributed by atoms with Crippen molar-refractivity contribution in [3.63, 3.8) is 0 Å². The van der Waals surface area contributed by atoms with Crippen molar-refractivity contribution in [2.24, 2.45) is 5.92 Å². The van der Waals surface area contributed by atoms with Gasteiger partial charge in [-0.2, -0.15) is 10.5 Å². The molecule has 20 heavy (non-hydrogen) atoms. The van der Waals surface area contributed by atoms with E-state index >= 15 is 0 Å². The SMILES string of the molecule is C[C@H]1[C@@H](C(C)(C)O)CCN1c1ccc(C#N)c(C#N)c1. The van der Waals surface area contributed by atoms with Crippen LogP contribution in [0.2, 0.25) is 0 Å². The molecule has 1 heterocycles. The molecule has 0 radical (unpaired) electrons. The molecule has 2 rings (SSSR count). The van der Waals surface area contributed by atoms with Crippen molar-refractivity contribution in [2.75, 3.05) is 11.4 Å². The predicted octanol–water partition coefficient (Wildman–Crippen LogP) is 2.42. The third-order valence-corrected chi connectivity index (χ3v) is 4.24. The van der Waals surface area contributed by atoms with Crippen molar-refractivity contribution >= 4 is 5.69 Å². The highest BCUT2D eigenvalue weighted by Crippen LogP contribution is 2.36. The van der Waals surface area contributed by atoms with E-state index in [0.717, 1.165) is 18.7 Å². The van der Waals surface area contributed by atoms with Gasteiger partial charge < -0.3 is 10.0 Å². The number of benzene rings is 1. The Morgan fingerprint density at radius 3 is 2.40 bits per heavy atom. The summed E-state index contributed by atoms with van der Waals surface area (Å²) in [7, 11) is 0. The standard InChI is InChI=1S/C16H19N3O/c1-11-15(16(2,3)20)6-7-19(11)14-5-4-12(9-17)13(8-14)10-18/h4-5,8,11,15,20H,6-7H2,1-3H3/t11-,15-/m0/s1. The van der Waals surface area contributed by atoms with E-state index < -0.39 is 5.60 Å². The number of hydrogen-bond donors (Lipinski definition) is 1. The van der Waals surface area contributed by atoms with Crippen LogP contribution in [0, 0.1) is 28.6 Å². The van der Waals surface area contributed by atoms with Gasteiger partial charge in [-0.25, -0.2) is 0 Å². The summed E-state index contributed by atoms with van der Waals surface area (Å²) >= 11 is 0. The number of nitriles is 2. The molecule has 1 aliphatic heterocycles. The summed E-state index contributed by atoms with van der Waals surface area (Å²) in [5, 5.41) is 28.3. The van der Waals surface area contributed by atoms with E-state index in [4.69, 9.17) is 10.5 Å². The van der Waals surface area contributed by atoms with E-state index in [2.05, 4.69) is 17.9 Å². The first kappa shape index (κ1) is 14.4. The van der Waals surface area contributed by atoms with Crippen LogP contribution in [0.1, 0.15) is 38.3 Å². The molecule has 1 aliphatic rings. The maximum absolute atomic E-state index is 10.2. The molecule has 0 bridgehead atoms. The lowest BCUT2D eigenvalue weighted by Gasteiger charge is -2.33. The third kappa shape index (κ3) is 2.48. The van der Waals surface area contributed by atoms with Gasteiger partial charge in [0.2, 0.25) is 0 Å². The van der Waals surface area contributed by atoms with Gasteiger partial charge in [-0.3, -0.25) is 0 Å². The Labute approximate surface area is 119 Å². The molecule has 1 N–H and O–H groups in total. The highest BCUT2D eigenvalue weighted by molar-refractivity contribution is 5.58. The lowest BCUT2D eigenvalue weighted by atomic mass is 9.85. The van der Waals surface area contributed by atoms with Crippen molar-refractivity contribution in [2.45, 2.75) is 38.8 Å². The smallest absolute Gasteiger partial charge is 0.101 e. The van der Waals surface area contributed by atoms with Crippen LogP contribution in [0.3, 0.4) is 0 Å².